The molecule has 3 N–H and O–H groups in total. The molecule has 1 aliphatic rings. The van der Waals surface area contributed by atoms with Gasteiger partial charge in [-0.1, -0.05) is 0 Å². The van der Waals surface area contributed by atoms with Gasteiger partial charge in [-0.25, -0.2) is 0 Å². The van der Waals surface area contributed by atoms with Gasteiger partial charge in [0.1, 0.15) is 0 Å². The number of anilines is 2. The largest absolute Gasteiger partial charge is 0.360 e. The number of carbonyl (C=O) groups is 2. The Labute approximate surface area is 166 Å². The maximum Gasteiger partial charge on any atom is 0.257 e. The van der Waals surface area contributed by atoms with Crippen molar-refractivity contribution in [1.29, 1.82) is 0 Å². The number of halogens is 2. The van der Waals surface area contributed by atoms with Crippen molar-refractivity contribution >= 4 is 66.0 Å². The van der Waals surface area contributed by atoms with E-state index in [0.717, 1.165) is 38.4 Å². The van der Waals surface area contributed by atoms with Gasteiger partial charge in [0, 0.05) is 43.3 Å². The van der Waals surface area contributed by atoms with Crippen LogP contribution in [0.4, 0.5) is 11.4 Å². The number of nitrogens with one attached hydrogen (secondary N) is 3. The summed E-state index contributed by atoms with van der Waals surface area (Å²) in [5.74, 6) is 0.0353. The number of carbonyl (C=O) groups excluding carboxylic acids is 2. The molecule has 5 nitrogen and oxygen atoms in total. The van der Waals surface area contributed by atoms with Crippen molar-refractivity contribution in [1.82, 2.24) is 4.98 Å². The third kappa shape index (κ3) is 3.54. The molecule has 132 valence electrons. The Bertz CT molecular complexity index is 1010. The van der Waals surface area contributed by atoms with E-state index in [1.54, 1.807) is 30.5 Å². The average Bonchev–Trinajstić information content (AvgIpc) is 3.39. The molecule has 4 rings (SSSR count). The van der Waals surface area contributed by atoms with Crippen LogP contribution in [0.3, 0.4) is 0 Å². The number of aromatic nitrogens is 1. The van der Waals surface area contributed by atoms with Gasteiger partial charge in [0.25, 0.3) is 5.91 Å². The zero-order valence-corrected chi connectivity index (χ0v) is 16.8. The predicted molar refractivity (Wildman–Crippen MR) is 109 cm³/mol. The van der Waals surface area contributed by atoms with Gasteiger partial charge in [-0.15, -0.1) is 0 Å². The highest BCUT2D eigenvalue weighted by atomic mass is 79.9. The predicted octanol–water partition coefficient (Wildman–Crippen LogP) is 5.29. The molecule has 1 fully saturated rings. The number of rotatable bonds is 4. The number of fused-ring (bicyclic) bond motifs is 1. The first-order valence-corrected chi connectivity index (χ1v) is 9.78. The smallest absolute Gasteiger partial charge is 0.257 e. The summed E-state index contributed by atoms with van der Waals surface area (Å²) in [5, 5.41) is 6.61. The second-order valence-corrected chi connectivity index (χ2v) is 8.02. The van der Waals surface area contributed by atoms with Gasteiger partial charge in [0.15, 0.2) is 0 Å². The van der Waals surface area contributed by atoms with E-state index in [-0.39, 0.29) is 17.7 Å². The molecule has 1 aliphatic carbocycles. The fourth-order valence-electron chi connectivity index (χ4n) is 2.73. The number of aromatic amines is 1. The highest BCUT2D eigenvalue weighted by Gasteiger charge is 2.29. The lowest BCUT2D eigenvalue weighted by Gasteiger charge is -2.07. The van der Waals surface area contributed by atoms with Crippen molar-refractivity contribution in [3.8, 4) is 0 Å². The van der Waals surface area contributed by atoms with Gasteiger partial charge >= 0.3 is 0 Å². The summed E-state index contributed by atoms with van der Waals surface area (Å²) in [5.41, 5.74) is 2.85. The molecule has 2 amide bonds. The molecular weight excluding hydrogens is 462 g/mol. The van der Waals surface area contributed by atoms with Crippen LogP contribution >= 0.6 is 31.9 Å². The Morgan fingerprint density at radius 1 is 0.962 bits per heavy atom. The molecular formula is C19H15Br2N3O2. The molecule has 0 spiro atoms. The summed E-state index contributed by atoms with van der Waals surface area (Å²) in [7, 11) is 0. The van der Waals surface area contributed by atoms with E-state index >= 15 is 0 Å². The maximum atomic E-state index is 12.6. The Morgan fingerprint density at radius 2 is 1.58 bits per heavy atom. The summed E-state index contributed by atoms with van der Waals surface area (Å²) in [6.45, 7) is 0. The van der Waals surface area contributed by atoms with Crippen LogP contribution in [0.1, 0.15) is 23.2 Å². The van der Waals surface area contributed by atoms with E-state index in [2.05, 4.69) is 47.5 Å². The molecule has 0 radical (unpaired) electrons. The quantitative estimate of drug-likeness (QED) is 0.478. The second kappa shape index (κ2) is 6.89. The summed E-state index contributed by atoms with van der Waals surface area (Å²) < 4.78 is 1.80. The topological polar surface area (TPSA) is 74.0 Å². The number of amides is 2. The molecule has 0 unspecified atom stereocenters. The van der Waals surface area contributed by atoms with Crippen LogP contribution in [-0.2, 0) is 4.79 Å². The molecule has 26 heavy (non-hydrogen) atoms. The first-order chi connectivity index (χ1) is 12.5. The van der Waals surface area contributed by atoms with Gasteiger partial charge < -0.3 is 15.6 Å². The number of hydrogen-bond acceptors (Lipinski definition) is 2. The Balaban J connectivity index is 1.49. The Hall–Kier alpha value is -2.12. The van der Waals surface area contributed by atoms with E-state index in [1.807, 2.05) is 12.1 Å². The van der Waals surface area contributed by atoms with Gasteiger partial charge in [-0.05, 0) is 81.1 Å². The molecule has 0 saturated heterocycles. The lowest BCUT2D eigenvalue weighted by molar-refractivity contribution is -0.117. The van der Waals surface area contributed by atoms with Gasteiger partial charge in [-0.2, -0.15) is 0 Å². The summed E-state index contributed by atoms with van der Waals surface area (Å²) in [4.78, 5) is 27.5. The lowest BCUT2D eigenvalue weighted by atomic mass is 10.1. The molecule has 1 saturated carbocycles. The fraction of sp³-hybridized carbons (Fsp3) is 0.158. The zero-order chi connectivity index (χ0) is 18.3. The van der Waals surface area contributed by atoms with Crippen molar-refractivity contribution in [2.75, 3.05) is 10.6 Å². The van der Waals surface area contributed by atoms with E-state index in [0.29, 0.717) is 11.3 Å². The van der Waals surface area contributed by atoms with Crippen molar-refractivity contribution in [3.63, 3.8) is 0 Å². The fourth-order valence-corrected chi connectivity index (χ4v) is 3.42. The van der Waals surface area contributed by atoms with E-state index in [4.69, 9.17) is 0 Å². The average molecular weight is 477 g/mol. The van der Waals surface area contributed by atoms with Crippen LogP contribution in [0.25, 0.3) is 10.9 Å². The second-order valence-electron chi connectivity index (χ2n) is 6.31. The van der Waals surface area contributed by atoms with Crippen LogP contribution in [0.2, 0.25) is 0 Å². The minimum atomic E-state index is -0.194. The van der Waals surface area contributed by atoms with Crippen molar-refractivity contribution < 1.29 is 9.59 Å². The van der Waals surface area contributed by atoms with E-state index < -0.39 is 0 Å². The molecule has 2 aromatic carbocycles. The minimum Gasteiger partial charge on any atom is -0.360 e. The molecule has 0 aliphatic heterocycles. The van der Waals surface area contributed by atoms with Gasteiger partial charge in [0.2, 0.25) is 5.91 Å². The summed E-state index contributed by atoms with van der Waals surface area (Å²) >= 11 is 6.92. The van der Waals surface area contributed by atoms with Crippen LogP contribution in [0.15, 0.2) is 51.5 Å². The van der Waals surface area contributed by atoms with Crippen molar-refractivity contribution in [2.24, 2.45) is 5.92 Å². The van der Waals surface area contributed by atoms with E-state index in [9.17, 15) is 9.59 Å². The lowest BCUT2D eigenvalue weighted by Crippen LogP contribution is -2.14. The minimum absolute atomic E-state index is 0.0670. The van der Waals surface area contributed by atoms with Crippen LogP contribution in [-0.4, -0.2) is 16.8 Å². The normalized spacial score (nSPS) is 13.6. The van der Waals surface area contributed by atoms with Gasteiger partial charge in [-0.3, -0.25) is 9.59 Å². The summed E-state index contributed by atoms with van der Waals surface area (Å²) in [6, 6.07) is 11.0. The van der Waals surface area contributed by atoms with Crippen molar-refractivity contribution in [2.45, 2.75) is 12.8 Å². The van der Waals surface area contributed by atoms with Crippen molar-refractivity contribution in [3.05, 3.63) is 57.1 Å². The SMILES string of the molecule is O=C(Nc1ccc(NC(=O)C2CC2)cc1)c1c[nH]c2cc(Br)c(Br)cc12. The zero-order valence-electron chi connectivity index (χ0n) is 13.6. The first kappa shape index (κ1) is 17.3. The third-order valence-corrected chi connectivity index (χ3v) is 6.17. The molecule has 1 aromatic heterocycles. The Morgan fingerprint density at radius 3 is 2.23 bits per heavy atom. The highest BCUT2D eigenvalue weighted by Crippen LogP contribution is 2.31. The standard InChI is InChI=1S/C19H15Br2N3O2/c20-15-7-13-14(9-22-17(13)8-16(15)21)19(26)24-12-5-3-11(4-6-12)23-18(25)10-1-2-10/h3-10,22H,1-2H2,(H,23,25)(H,24,26). The molecule has 0 bridgehead atoms. The van der Waals surface area contributed by atoms with Crippen LogP contribution in [0, 0.1) is 5.92 Å². The van der Waals surface area contributed by atoms with Crippen LogP contribution < -0.4 is 10.6 Å². The molecule has 1 heterocycles. The Kier molecular flexibility index (Phi) is 4.58. The molecule has 7 heteroatoms. The van der Waals surface area contributed by atoms with Crippen LogP contribution in [0.5, 0.6) is 0 Å². The number of H-pyrrole nitrogens is 1. The maximum absolute atomic E-state index is 12.6. The third-order valence-electron chi connectivity index (χ3n) is 4.33. The van der Waals surface area contributed by atoms with E-state index in [1.165, 1.54) is 0 Å². The summed E-state index contributed by atoms with van der Waals surface area (Å²) in [6.07, 6.45) is 3.64. The monoisotopic (exact) mass is 475 g/mol. The molecule has 0 atom stereocenters. The van der Waals surface area contributed by atoms with Gasteiger partial charge in [0.05, 0.1) is 5.56 Å². The molecule has 3 aromatic rings. The highest BCUT2D eigenvalue weighted by molar-refractivity contribution is 9.13. The first-order valence-electron chi connectivity index (χ1n) is 8.19. The number of hydrogen-bond donors (Lipinski definition) is 3. The number of benzene rings is 2.